The van der Waals surface area contributed by atoms with Crippen molar-refractivity contribution in [2.24, 2.45) is 0 Å². The maximum absolute atomic E-state index is 4.63. The fourth-order valence-electron chi connectivity index (χ4n) is 2.39. The van der Waals surface area contributed by atoms with Gasteiger partial charge in [-0.1, -0.05) is 20.8 Å². The first-order valence-corrected chi connectivity index (χ1v) is 7.90. The summed E-state index contributed by atoms with van der Waals surface area (Å²) in [6, 6.07) is 0.494. The van der Waals surface area contributed by atoms with Gasteiger partial charge in [-0.25, -0.2) is 15.0 Å². The zero-order valence-corrected chi connectivity index (χ0v) is 13.6. The molecule has 0 aliphatic rings. The fourth-order valence-corrected chi connectivity index (χ4v) is 2.92. The topological polar surface area (TPSA) is 50.7 Å². The molecule has 0 fully saturated rings. The van der Waals surface area contributed by atoms with Crippen molar-refractivity contribution >= 4 is 11.3 Å². The van der Waals surface area contributed by atoms with E-state index in [9.17, 15) is 0 Å². The van der Waals surface area contributed by atoms with Crippen LogP contribution in [0.5, 0.6) is 0 Å². The summed E-state index contributed by atoms with van der Waals surface area (Å²) in [5.74, 6) is 1.14. The second-order valence-electron chi connectivity index (χ2n) is 5.47. The van der Waals surface area contributed by atoms with Crippen molar-refractivity contribution in [1.29, 1.82) is 0 Å². The maximum Gasteiger partial charge on any atom is 0.179 e. The van der Waals surface area contributed by atoms with Gasteiger partial charge in [0.2, 0.25) is 0 Å². The first-order chi connectivity index (χ1) is 9.49. The number of rotatable bonds is 5. The van der Waals surface area contributed by atoms with Gasteiger partial charge in [0.15, 0.2) is 5.82 Å². The molecule has 1 atom stereocenters. The fraction of sp³-hybridized carbons (Fsp3) is 0.533. The van der Waals surface area contributed by atoms with E-state index in [1.54, 1.807) is 11.3 Å². The van der Waals surface area contributed by atoms with Crippen molar-refractivity contribution in [3.8, 4) is 11.5 Å². The summed E-state index contributed by atoms with van der Waals surface area (Å²) in [5.41, 5.74) is 6.03. The molecule has 2 aromatic heterocycles. The van der Waals surface area contributed by atoms with E-state index in [0.717, 1.165) is 29.5 Å². The molecule has 5 heteroatoms. The van der Waals surface area contributed by atoms with Crippen LogP contribution in [0.1, 0.15) is 43.6 Å². The van der Waals surface area contributed by atoms with E-state index in [-0.39, 0.29) is 0 Å². The summed E-state index contributed by atoms with van der Waals surface area (Å²) in [6.45, 7) is 11.6. The van der Waals surface area contributed by atoms with Gasteiger partial charge >= 0.3 is 0 Å². The zero-order valence-electron chi connectivity index (χ0n) is 12.8. The number of hydrogen-bond donors (Lipinski definition) is 1. The average molecular weight is 290 g/mol. The molecule has 0 bridgehead atoms. The van der Waals surface area contributed by atoms with Crippen LogP contribution in [0, 0.1) is 13.8 Å². The molecule has 0 saturated heterocycles. The van der Waals surface area contributed by atoms with Crippen molar-refractivity contribution in [3.63, 3.8) is 0 Å². The first kappa shape index (κ1) is 15.1. The molecule has 0 aromatic carbocycles. The molecule has 20 heavy (non-hydrogen) atoms. The zero-order chi connectivity index (χ0) is 14.7. The van der Waals surface area contributed by atoms with Crippen LogP contribution in [-0.2, 0) is 0 Å². The van der Waals surface area contributed by atoms with Gasteiger partial charge in [0.25, 0.3) is 0 Å². The monoisotopic (exact) mass is 290 g/mol. The lowest BCUT2D eigenvalue weighted by Gasteiger charge is -2.19. The minimum atomic E-state index is 0.405. The third kappa shape index (κ3) is 3.41. The molecule has 1 unspecified atom stereocenters. The minimum Gasteiger partial charge on any atom is -0.314 e. The molecule has 0 saturated carbocycles. The number of hydrogen-bond acceptors (Lipinski definition) is 5. The molecule has 0 spiro atoms. The van der Waals surface area contributed by atoms with Crippen LogP contribution in [0.25, 0.3) is 11.5 Å². The van der Waals surface area contributed by atoms with Crippen LogP contribution in [-0.4, -0.2) is 27.5 Å². The SMILES string of the molecule is Cc1nc(-c2cscn2)nc(C)c1C(C)CNC(C)C. The Morgan fingerprint density at radius 3 is 2.30 bits per heavy atom. The summed E-state index contributed by atoms with van der Waals surface area (Å²) >= 11 is 1.57. The summed E-state index contributed by atoms with van der Waals surface area (Å²) < 4.78 is 0. The molecule has 108 valence electrons. The van der Waals surface area contributed by atoms with Gasteiger partial charge in [-0.2, -0.15) is 0 Å². The van der Waals surface area contributed by atoms with Crippen molar-refractivity contribution in [2.75, 3.05) is 6.54 Å². The van der Waals surface area contributed by atoms with Crippen LogP contribution < -0.4 is 5.32 Å². The number of aryl methyl sites for hydroxylation is 2. The van der Waals surface area contributed by atoms with Crippen LogP contribution in [0.3, 0.4) is 0 Å². The molecule has 0 radical (unpaired) electrons. The summed E-state index contributed by atoms with van der Waals surface area (Å²) in [6.07, 6.45) is 0. The maximum atomic E-state index is 4.63. The summed E-state index contributed by atoms with van der Waals surface area (Å²) in [4.78, 5) is 13.5. The van der Waals surface area contributed by atoms with Gasteiger partial charge in [0, 0.05) is 29.4 Å². The Hall–Kier alpha value is -1.33. The highest BCUT2D eigenvalue weighted by Crippen LogP contribution is 2.24. The predicted octanol–water partition coefficient (Wildman–Crippen LogP) is 3.32. The van der Waals surface area contributed by atoms with Crippen LogP contribution in [0.2, 0.25) is 0 Å². The lowest BCUT2D eigenvalue weighted by molar-refractivity contribution is 0.544. The van der Waals surface area contributed by atoms with E-state index >= 15 is 0 Å². The smallest absolute Gasteiger partial charge is 0.179 e. The van der Waals surface area contributed by atoms with E-state index in [4.69, 9.17) is 0 Å². The second-order valence-corrected chi connectivity index (χ2v) is 6.19. The highest BCUT2D eigenvalue weighted by atomic mass is 32.1. The number of aromatic nitrogens is 3. The van der Waals surface area contributed by atoms with Crippen molar-refractivity contribution in [2.45, 2.75) is 46.6 Å². The van der Waals surface area contributed by atoms with E-state index in [1.165, 1.54) is 5.56 Å². The Bertz CT molecular complexity index is 540. The van der Waals surface area contributed by atoms with Crippen molar-refractivity contribution in [1.82, 2.24) is 20.3 Å². The Kier molecular flexibility index (Phi) is 4.83. The third-order valence-electron chi connectivity index (χ3n) is 3.31. The van der Waals surface area contributed by atoms with E-state index in [2.05, 4.69) is 54.9 Å². The second kappa shape index (κ2) is 6.41. The third-order valence-corrected chi connectivity index (χ3v) is 3.90. The average Bonchev–Trinajstić information content (AvgIpc) is 2.89. The number of nitrogens with one attached hydrogen (secondary N) is 1. The van der Waals surface area contributed by atoms with Crippen molar-refractivity contribution in [3.05, 3.63) is 27.8 Å². The standard InChI is InChI=1S/C15H22N4S/c1-9(2)16-6-10(3)14-11(4)18-15(19-12(14)5)13-7-20-8-17-13/h7-10,16H,6H2,1-5H3. The Morgan fingerprint density at radius 2 is 1.80 bits per heavy atom. The molecule has 1 N–H and O–H groups in total. The molecule has 0 amide bonds. The molecule has 0 aliphatic carbocycles. The Labute approximate surface area is 124 Å². The molecular formula is C15H22N4S. The summed E-state index contributed by atoms with van der Waals surface area (Å²) in [5, 5.41) is 5.46. The molecule has 0 aliphatic heterocycles. The van der Waals surface area contributed by atoms with Gasteiger partial charge in [0.1, 0.15) is 5.69 Å². The quantitative estimate of drug-likeness (QED) is 0.918. The van der Waals surface area contributed by atoms with Gasteiger partial charge in [-0.3, -0.25) is 0 Å². The lowest BCUT2D eigenvalue weighted by atomic mass is 9.97. The van der Waals surface area contributed by atoms with Gasteiger partial charge < -0.3 is 5.32 Å². The highest BCUT2D eigenvalue weighted by Gasteiger charge is 2.16. The van der Waals surface area contributed by atoms with Crippen LogP contribution in [0.15, 0.2) is 10.9 Å². The summed E-state index contributed by atoms with van der Waals surface area (Å²) in [7, 11) is 0. The molecule has 2 aromatic rings. The van der Waals surface area contributed by atoms with Crippen LogP contribution >= 0.6 is 11.3 Å². The number of nitrogens with zero attached hydrogens (tertiary/aromatic N) is 3. The van der Waals surface area contributed by atoms with Crippen LogP contribution in [0.4, 0.5) is 0 Å². The number of thiazole rings is 1. The molecule has 4 nitrogen and oxygen atoms in total. The van der Waals surface area contributed by atoms with E-state index in [1.807, 2.05) is 10.9 Å². The first-order valence-electron chi connectivity index (χ1n) is 6.96. The predicted molar refractivity (Wildman–Crippen MR) is 84.2 cm³/mol. The van der Waals surface area contributed by atoms with Gasteiger partial charge in [-0.15, -0.1) is 11.3 Å². The van der Waals surface area contributed by atoms with E-state index < -0.39 is 0 Å². The Balaban J connectivity index is 2.27. The largest absolute Gasteiger partial charge is 0.314 e. The van der Waals surface area contributed by atoms with Gasteiger partial charge in [-0.05, 0) is 25.3 Å². The molecular weight excluding hydrogens is 268 g/mol. The Morgan fingerprint density at radius 1 is 1.15 bits per heavy atom. The van der Waals surface area contributed by atoms with E-state index in [0.29, 0.717) is 12.0 Å². The molecule has 2 heterocycles. The lowest BCUT2D eigenvalue weighted by Crippen LogP contribution is -2.27. The highest BCUT2D eigenvalue weighted by molar-refractivity contribution is 7.07. The molecule has 2 rings (SSSR count). The normalized spacial score (nSPS) is 12.9. The van der Waals surface area contributed by atoms with Gasteiger partial charge in [0.05, 0.1) is 5.51 Å². The minimum absolute atomic E-state index is 0.405. The van der Waals surface area contributed by atoms with Crippen molar-refractivity contribution < 1.29 is 0 Å².